The smallest absolute Gasteiger partial charge is 0.262 e. The molecule has 0 saturated carbocycles. The van der Waals surface area contributed by atoms with Gasteiger partial charge in [-0.2, -0.15) is 0 Å². The van der Waals surface area contributed by atoms with E-state index in [1.807, 2.05) is 30.3 Å². The fourth-order valence-electron chi connectivity index (χ4n) is 2.42. The Hall–Kier alpha value is -2.85. The second kappa shape index (κ2) is 7.15. The summed E-state index contributed by atoms with van der Waals surface area (Å²) in [5.41, 5.74) is 0.945. The molecular formula is C19H14ClNO3. The number of carbonyl (C=O) groups excluding carboxylic acids is 2. The predicted molar refractivity (Wildman–Crippen MR) is 94.9 cm³/mol. The quantitative estimate of drug-likeness (QED) is 0.704. The molecule has 0 aliphatic rings. The van der Waals surface area contributed by atoms with Gasteiger partial charge in [-0.1, -0.05) is 54.1 Å². The van der Waals surface area contributed by atoms with Crippen molar-refractivity contribution in [2.24, 2.45) is 0 Å². The molecule has 0 heterocycles. The number of amides is 1. The van der Waals surface area contributed by atoms with Crippen LogP contribution in [-0.4, -0.2) is 18.8 Å². The highest BCUT2D eigenvalue weighted by atomic mass is 35.5. The van der Waals surface area contributed by atoms with Crippen molar-refractivity contribution >= 4 is 40.3 Å². The van der Waals surface area contributed by atoms with Gasteiger partial charge in [0.15, 0.2) is 12.9 Å². The molecule has 0 atom stereocenters. The number of hydrogen-bond acceptors (Lipinski definition) is 3. The summed E-state index contributed by atoms with van der Waals surface area (Å²) in [4.78, 5) is 23.4. The number of ether oxygens (including phenoxy) is 1. The van der Waals surface area contributed by atoms with Gasteiger partial charge < -0.3 is 10.1 Å². The minimum atomic E-state index is -0.354. The van der Waals surface area contributed by atoms with Crippen molar-refractivity contribution in [1.82, 2.24) is 0 Å². The lowest BCUT2D eigenvalue weighted by molar-refractivity contribution is -0.118. The van der Waals surface area contributed by atoms with Crippen LogP contribution >= 0.6 is 11.6 Å². The second-order valence-corrected chi connectivity index (χ2v) is 5.54. The average Bonchev–Trinajstić information content (AvgIpc) is 2.61. The van der Waals surface area contributed by atoms with Crippen LogP contribution in [0.3, 0.4) is 0 Å². The van der Waals surface area contributed by atoms with E-state index in [2.05, 4.69) is 5.32 Å². The minimum Gasteiger partial charge on any atom is -0.483 e. The zero-order valence-corrected chi connectivity index (χ0v) is 13.4. The van der Waals surface area contributed by atoms with E-state index in [0.29, 0.717) is 22.0 Å². The number of para-hydroxylation sites is 1. The van der Waals surface area contributed by atoms with E-state index in [1.54, 1.807) is 30.3 Å². The molecule has 0 aliphatic heterocycles. The molecular weight excluding hydrogens is 326 g/mol. The van der Waals surface area contributed by atoms with E-state index in [0.717, 1.165) is 17.1 Å². The third-order valence-corrected chi connectivity index (χ3v) is 3.88. The van der Waals surface area contributed by atoms with E-state index in [4.69, 9.17) is 16.3 Å². The zero-order valence-electron chi connectivity index (χ0n) is 12.7. The van der Waals surface area contributed by atoms with Crippen LogP contribution in [0.2, 0.25) is 5.02 Å². The Labute approximate surface area is 144 Å². The van der Waals surface area contributed by atoms with Crippen LogP contribution in [0, 0.1) is 0 Å². The topological polar surface area (TPSA) is 55.4 Å². The van der Waals surface area contributed by atoms with Crippen LogP contribution in [0.15, 0.2) is 60.7 Å². The molecule has 0 aliphatic carbocycles. The SMILES string of the molecule is O=Cc1c(OCC(=O)Nc2ccccc2Cl)ccc2ccccc12. The van der Waals surface area contributed by atoms with Crippen molar-refractivity contribution < 1.29 is 14.3 Å². The molecule has 1 amide bonds. The molecule has 3 aromatic carbocycles. The van der Waals surface area contributed by atoms with Crippen molar-refractivity contribution in [3.05, 3.63) is 71.2 Å². The molecule has 0 fully saturated rings. The summed E-state index contributed by atoms with van der Waals surface area (Å²) in [6, 6.07) is 18.0. The van der Waals surface area contributed by atoms with Gasteiger partial charge in [0.2, 0.25) is 0 Å². The Morgan fingerprint density at radius 3 is 2.58 bits per heavy atom. The Morgan fingerprint density at radius 1 is 1.04 bits per heavy atom. The third kappa shape index (κ3) is 3.39. The largest absolute Gasteiger partial charge is 0.483 e. The lowest BCUT2D eigenvalue weighted by Gasteiger charge is -2.11. The van der Waals surface area contributed by atoms with Crippen LogP contribution < -0.4 is 10.1 Å². The van der Waals surface area contributed by atoms with Gasteiger partial charge in [-0.3, -0.25) is 9.59 Å². The number of rotatable bonds is 5. The summed E-state index contributed by atoms with van der Waals surface area (Å²) >= 11 is 6.00. The molecule has 5 heteroatoms. The van der Waals surface area contributed by atoms with E-state index in [1.165, 1.54) is 0 Å². The molecule has 3 aromatic rings. The fraction of sp³-hybridized carbons (Fsp3) is 0.0526. The number of benzene rings is 3. The monoisotopic (exact) mass is 339 g/mol. The van der Waals surface area contributed by atoms with Gasteiger partial charge >= 0.3 is 0 Å². The molecule has 0 saturated heterocycles. The molecule has 24 heavy (non-hydrogen) atoms. The number of aldehydes is 1. The number of halogens is 1. The first kappa shape index (κ1) is 16.0. The summed E-state index contributed by atoms with van der Waals surface area (Å²) in [6.07, 6.45) is 0.740. The van der Waals surface area contributed by atoms with Gasteiger partial charge in [-0.25, -0.2) is 0 Å². The van der Waals surface area contributed by atoms with Crippen molar-refractivity contribution in [3.63, 3.8) is 0 Å². The highest BCUT2D eigenvalue weighted by Gasteiger charge is 2.11. The number of carbonyl (C=O) groups is 2. The standard InChI is InChI=1S/C19H14ClNO3/c20-16-7-3-4-8-17(16)21-19(23)12-24-18-10-9-13-5-1-2-6-14(13)15(18)11-22/h1-11H,12H2,(H,21,23). The lowest BCUT2D eigenvalue weighted by atomic mass is 10.0. The first-order valence-electron chi connectivity index (χ1n) is 7.33. The Balaban J connectivity index is 1.75. The maximum atomic E-state index is 12.0. The van der Waals surface area contributed by atoms with E-state index >= 15 is 0 Å². The van der Waals surface area contributed by atoms with E-state index in [9.17, 15) is 9.59 Å². The predicted octanol–water partition coefficient (Wildman–Crippen LogP) is 4.32. The van der Waals surface area contributed by atoms with Gasteiger partial charge in [0.25, 0.3) is 5.91 Å². The first-order chi connectivity index (χ1) is 11.7. The number of fused-ring (bicyclic) bond motifs is 1. The summed E-state index contributed by atoms with van der Waals surface area (Å²) in [5, 5.41) is 4.85. The lowest BCUT2D eigenvalue weighted by Crippen LogP contribution is -2.20. The van der Waals surface area contributed by atoms with Crippen molar-refractivity contribution in [3.8, 4) is 5.75 Å². The van der Waals surface area contributed by atoms with Crippen molar-refractivity contribution in [2.75, 3.05) is 11.9 Å². The summed E-state index contributed by atoms with van der Waals surface area (Å²) < 4.78 is 5.52. The second-order valence-electron chi connectivity index (χ2n) is 5.13. The van der Waals surface area contributed by atoms with Crippen LogP contribution in [0.4, 0.5) is 5.69 Å². The van der Waals surface area contributed by atoms with Crippen LogP contribution in [0.1, 0.15) is 10.4 Å². The van der Waals surface area contributed by atoms with Gasteiger partial charge in [0, 0.05) is 0 Å². The van der Waals surface area contributed by atoms with Crippen molar-refractivity contribution in [2.45, 2.75) is 0 Å². The zero-order chi connectivity index (χ0) is 16.9. The third-order valence-electron chi connectivity index (χ3n) is 3.56. The van der Waals surface area contributed by atoms with Crippen LogP contribution in [0.5, 0.6) is 5.75 Å². The Bertz CT molecular complexity index is 908. The maximum Gasteiger partial charge on any atom is 0.262 e. The first-order valence-corrected chi connectivity index (χ1v) is 7.71. The maximum absolute atomic E-state index is 12.0. The van der Waals surface area contributed by atoms with E-state index < -0.39 is 0 Å². The Kier molecular flexibility index (Phi) is 4.77. The average molecular weight is 340 g/mol. The normalized spacial score (nSPS) is 10.4. The summed E-state index contributed by atoms with van der Waals surface area (Å²) in [5.74, 6) is 0.0196. The molecule has 4 nitrogen and oxygen atoms in total. The molecule has 0 radical (unpaired) electrons. The minimum absolute atomic E-state index is 0.218. The fourth-order valence-corrected chi connectivity index (χ4v) is 2.60. The summed E-state index contributed by atoms with van der Waals surface area (Å²) in [6.45, 7) is -0.218. The molecule has 1 N–H and O–H groups in total. The molecule has 0 spiro atoms. The number of nitrogens with one attached hydrogen (secondary N) is 1. The van der Waals surface area contributed by atoms with Gasteiger partial charge in [-0.05, 0) is 29.0 Å². The van der Waals surface area contributed by atoms with Crippen LogP contribution in [-0.2, 0) is 4.79 Å². The van der Waals surface area contributed by atoms with Gasteiger partial charge in [0.05, 0.1) is 16.3 Å². The summed E-state index contributed by atoms with van der Waals surface area (Å²) in [7, 11) is 0. The van der Waals surface area contributed by atoms with E-state index in [-0.39, 0.29) is 12.5 Å². The highest BCUT2D eigenvalue weighted by Crippen LogP contribution is 2.26. The molecule has 0 unspecified atom stereocenters. The number of hydrogen-bond donors (Lipinski definition) is 1. The van der Waals surface area contributed by atoms with Gasteiger partial charge in [-0.15, -0.1) is 0 Å². The molecule has 0 bridgehead atoms. The highest BCUT2D eigenvalue weighted by molar-refractivity contribution is 6.33. The molecule has 120 valence electrons. The molecule has 0 aromatic heterocycles. The number of anilines is 1. The van der Waals surface area contributed by atoms with Gasteiger partial charge in [0.1, 0.15) is 5.75 Å². The van der Waals surface area contributed by atoms with Crippen LogP contribution in [0.25, 0.3) is 10.8 Å². The Morgan fingerprint density at radius 2 is 1.79 bits per heavy atom. The van der Waals surface area contributed by atoms with Crippen molar-refractivity contribution in [1.29, 1.82) is 0 Å². The molecule has 3 rings (SSSR count).